The Morgan fingerprint density at radius 2 is 2.05 bits per heavy atom. The van der Waals surface area contributed by atoms with Crippen molar-refractivity contribution in [2.24, 2.45) is 0 Å². The van der Waals surface area contributed by atoms with Gasteiger partial charge in [-0.15, -0.1) is 0 Å². The third-order valence-corrected chi connectivity index (χ3v) is 3.68. The van der Waals surface area contributed by atoms with Crippen LogP contribution in [-0.4, -0.2) is 20.0 Å². The molecule has 0 amide bonds. The molecule has 0 atom stereocenters. The number of nitrogens with one attached hydrogen (secondary N) is 2. The van der Waals surface area contributed by atoms with Crippen LogP contribution in [0.3, 0.4) is 0 Å². The molecule has 3 aromatic rings. The fraction of sp³-hybridized carbons (Fsp3) is 0.0667. The number of H-pyrrole nitrogens is 1. The smallest absolute Gasteiger partial charge is 0.214 e. The van der Waals surface area contributed by atoms with Crippen LogP contribution in [0.15, 0.2) is 48.5 Å². The topological polar surface area (TPSA) is 65.9 Å². The van der Waals surface area contributed by atoms with Crippen molar-refractivity contribution in [1.29, 1.82) is 0 Å². The minimum absolute atomic E-state index is 0.231. The largest absolute Gasteiger partial charge is 0.508 e. The van der Waals surface area contributed by atoms with Gasteiger partial charge < -0.3 is 10.5 Å². The zero-order valence-corrected chi connectivity index (χ0v) is 13.0. The van der Waals surface area contributed by atoms with Crippen molar-refractivity contribution in [3.8, 4) is 17.1 Å². The lowest BCUT2D eigenvalue weighted by molar-refractivity contribution is 0.468. The molecule has 2 aromatic carbocycles. The Bertz CT molecular complexity index is 858. The van der Waals surface area contributed by atoms with Gasteiger partial charge in [-0.3, -0.25) is 0 Å². The van der Waals surface area contributed by atoms with Crippen LogP contribution in [0.25, 0.3) is 11.4 Å². The van der Waals surface area contributed by atoms with Crippen molar-refractivity contribution < 1.29 is 5.11 Å². The maximum Gasteiger partial charge on any atom is 0.214 e. The molecule has 3 N–H and O–H groups in total. The monoisotopic (exact) mass is 332 g/mol. The summed E-state index contributed by atoms with van der Waals surface area (Å²) >= 11 is 11.3. The minimum Gasteiger partial charge on any atom is -0.508 e. The summed E-state index contributed by atoms with van der Waals surface area (Å²) in [5, 5.41) is 17.4. The van der Waals surface area contributed by atoms with E-state index in [4.69, 9.17) is 23.8 Å². The van der Waals surface area contributed by atoms with Gasteiger partial charge in [0.2, 0.25) is 4.77 Å². The van der Waals surface area contributed by atoms with Gasteiger partial charge in [-0.2, -0.15) is 5.10 Å². The Hall–Kier alpha value is -2.31. The van der Waals surface area contributed by atoms with E-state index in [0.717, 1.165) is 11.1 Å². The number of aromatic hydroxyl groups is 1. The third-order valence-electron chi connectivity index (χ3n) is 3.17. The van der Waals surface area contributed by atoms with Crippen molar-refractivity contribution >= 4 is 23.8 Å². The third kappa shape index (κ3) is 2.98. The molecule has 0 saturated heterocycles. The van der Waals surface area contributed by atoms with E-state index >= 15 is 0 Å². The first-order valence-corrected chi connectivity index (χ1v) is 7.38. The molecule has 0 aliphatic heterocycles. The van der Waals surface area contributed by atoms with Gasteiger partial charge in [-0.25, -0.2) is 9.77 Å². The predicted octanol–water partition coefficient (Wildman–Crippen LogP) is 3.71. The number of benzene rings is 2. The lowest BCUT2D eigenvalue weighted by Gasteiger charge is -2.11. The van der Waals surface area contributed by atoms with Gasteiger partial charge in [-0.05, 0) is 30.4 Å². The van der Waals surface area contributed by atoms with Gasteiger partial charge in [0.05, 0.1) is 6.54 Å². The number of halogens is 1. The highest BCUT2D eigenvalue weighted by atomic mass is 35.5. The number of aromatic nitrogens is 3. The number of phenolic OH excluding ortho intramolecular Hbond substituents is 1. The number of phenols is 1. The standard InChI is InChI=1S/C15H13ClN4OS/c16-12-6-3-5-10(8-12)14-18-19-15(22)20(14)17-9-11-4-1-2-7-13(11)21/h1-8,17,21H,9H2,(H,19,22). The van der Waals surface area contributed by atoms with Crippen LogP contribution in [0.4, 0.5) is 0 Å². The Morgan fingerprint density at radius 3 is 2.82 bits per heavy atom. The second kappa shape index (κ2) is 6.21. The first-order chi connectivity index (χ1) is 10.6. The fourth-order valence-corrected chi connectivity index (χ4v) is 2.48. The summed E-state index contributed by atoms with van der Waals surface area (Å²) < 4.78 is 2.10. The molecule has 0 saturated carbocycles. The summed E-state index contributed by atoms with van der Waals surface area (Å²) in [4.78, 5) is 0. The Kier molecular flexibility index (Phi) is 4.13. The SMILES string of the molecule is Oc1ccccc1CNn1c(-c2cccc(Cl)c2)n[nH]c1=S. The van der Waals surface area contributed by atoms with Gasteiger partial charge in [0.15, 0.2) is 5.82 Å². The van der Waals surface area contributed by atoms with Crippen LogP contribution >= 0.6 is 23.8 Å². The first-order valence-electron chi connectivity index (χ1n) is 6.59. The fourth-order valence-electron chi connectivity index (χ4n) is 2.09. The molecular formula is C15H13ClN4OS. The lowest BCUT2D eigenvalue weighted by Crippen LogP contribution is -2.16. The zero-order valence-electron chi connectivity index (χ0n) is 11.5. The number of hydrogen-bond donors (Lipinski definition) is 3. The van der Waals surface area contributed by atoms with Gasteiger partial charge in [0, 0.05) is 16.1 Å². The van der Waals surface area contributed by atoms with Crippen molar-refractivity contribution in [1.82, 2.24) is 14.9 Å². The van der Waals surface area contributed by atoms with Crippen LogP contribution < -0.4 is 5.43 Å². The molecule has 0 spiro atoms. The maximum absolute atomic E-state index is 9.81. The second-order valence-corrected chi connectivity index (χ2v) is 5.48. The normalized spacial score (nSPS) is 10.6. The molecule has 0 unspecified atom stereocenters. The number of nitrogens with zero attached hydrogens (tertiary/aromatic N) is 2. The van der Waals surface area contributed by atoms with Crippen molar-refractivity contribution in [2.75, 3.05) is 5.43 Å². The van der Waals surface area contributed by atoms with Gasteiger partial charge in [0.1, 0.15) is 5.75 Å². The van der Waals surface area contributed by atoms with Crippen LogP contribution in [0.5, 0.6) is 5.75 Å². The van der Waals surface area contributed by atoms with E-state index in [1.54, 1.807) is 22.9 Å². The molecule has 7 heteroatoms. The van der Waals surface area contributed by atoms with Crippen LogP contribution in [-0.2, 0) is 6.54 Å². The summed E-state index contributed by atoms with van der Waals surface area (Å²) in [6.45, 7) is 0.411. The quantitative estimate of drug-likeness (QED) is 0.637. The van der Waals surface area contributed by atoms with E-state index in [1.165, 1.54) is 0 Å². The zero-order chi connectivity index (χ0) is 15.5. The van der Waals surface area contributed by atoms with E-state index in [0.29, 0.717) is 22.2 Å². The summed E-state index contributed by atoms with van der Waals surface area (Å²) in [6.07, 6.45) is 0. The van der Waals surface area contributed by atoms with Crippen molar-refractivity contribution in [3.05, 3.63) is 63.9 Å². The molecule has 1 heterocycles. The molecule has 5 nitrogen and oxygen atoms in total. The van der Waals surface area contributed by atoms with Crippen LogP contribution in [0.2, 0.25) is 5.02 Å². The summed E-state index contributed by atoms with van der Waals surface area (Å²) in [5.74, 6) is 0.859. The van der Waals surface area contributed by atoms with E-state index in [9.17, 15) is 5.11 Å². The molecule has 0 radical (unpaired) electrons. The van der Waals surface area contributed by atoms with Gasteiger partial charge >= 0.3 is 0 Å². The summed E-state index contributed by atoms with van der Waals surface area (Å²) in [7, 11) is 0. The average molecular weight is 333 g/mol. The molecule has 1 aromatic heterocycles. The number of para-hydroxylation sites is 1. The maximum atomic E-state index is 9.81. The van der Waals surface area contributed by atoms with E-state index in [1.807, 2.05) is 30.3 Å². The number of rotatable bonds is 4. The molecule has 3 rings (SSSR count). The number of hydrogen-bond acceptors (Lipinski definition) is 4. The van der Waals surface area contributed by atoms with Gasteiger partial charge in [0.25, 0.3) is 0 Å². The Balaban J connectivity index is 1.90. The molecular weight excluding hydrogens is 320 g/mol. The first kappa shape index (κ1) is 14.6. The highest BCUT2D eigenvalue weighted by Gasteiger charge is 2.09. The lowest BCUT2D eigenvalue weighted by atomic mass is 10.2. The van der Waals surface area contributed by atoms with E-state index < -0.39 is 0 Å². The minimum atomic E-state index is 0.231. The molecule has 112 valence electrons. The molecule has 0 fully saturated rings. The number of aromatic amines is 1. The van der Waals surface area contributed by atoms with Crippen LogP contribution in [0, 0.1) is 4.77 Å². The van der Waals surface area contributed by atoms with Gasteiger partial charge in [-0.1, -0.05) is 41.9 Å². The molecule has 0 aliphatic rings. The molecule has 0 bridgehead atoms. The molecule has 22 heavy (non-hydrogen) atoms. The Labute approximate surface area is 137 Å². The highest BCUT2D eigenvalue weighted by Crippen LogP contribution is 2.21. The second-order valence-electron chi connectivity index (χ2n) is 4.66. The average Bonchev–Trinajstić information content (AvgIpc) is 2.87. The highest BCUT2D eigenvalue weighted by molar-refractivity contribution is 7.71. The predicted molar refractivity (Wildman–Crippen MR) is 89.0 cm³/mol. The van der Waals surface area contributed by atoms with Crippen molar-refractivity contribution in [3.63, 3.8) is 0 Å². The Morgan fingerprint density at radius 1 is 1.23 bits per heavy atom. The molecule has 0 aliphatic carbocycles. The van der Waals surface area contributed by atoms with Crippen LogP contribution in [0.1, 0.15) is 5.56 Å². The van der Waals surface area contributed by atoms with E-state index in [2.05, 4.69) is 15.6 Å². The van der Waals surface area contributed by atoms with E-state index in [-0.39, 0.29) is 5.75 Å². The summed E-state index contributed by atoms with van der Waals surface area (Å²) in [6, 6.07) is 14.5. The van der Waals surface area contributed by atoms with Crippen molar-refractivity contribution in [2.45, 2.75) is 6.54 Å². The summed E-state index contributed by atoms with van der Waals surface area (Å²) in [5.41, 5.74) is 4.76.